The number of amides is 3. The Morgan fingerprint density at radius 2 is 1.92 bits per heavy atom. The lowest BCUT2D eigenvalue weighted by Crippen LogP contribution is -2.52. The molecule has 1 fully saturated rings. The highest BCUT2D eigenvalue weighted by Gasteiger charge is 2.38. The normalized spacial score (nSPS) is 21.0. The van der Waals surface area contributed by atoms with Gasteiger partial charge in [0.25, 0.3) is 0 Å². The van der Waals surface area contributed by atoms with Gasteiger partial charge in [0.05, 0.1) is 6.10 Å². The number of likely N-dealkylation sites (tertiary alicyclic amines) is 1. The molecule has 3 amide bonds. The quantitative estimate of drug-likeness (QED) is 0.684. The predicted molar refractivity (Wildman–Crippen MR) is 92.5 cm³/mol. The van der Waals surface area contributed by atoms with Gasteiger partial charge < -0.3 is 21.1 Å². The molecule has 0 aliphatic carbocycles. The number of carbonyl (C=O) groups excluding carboxylic acids is 3. The summed E-state index contributed by atoms with van der Waals surface area (Å²) in [6, 6.07) is 4.14. The maximum atomic E-state index is 12.6. The molecule has 0 bridgehead atoms. The van der Waals surface area contributed by atoms with E-state index in [0.717, 1.165) is 16.7 Å². The third-order valence-corrected chi connectivity index (χ3v) is 4.70. The van der Waals surface area contributed by atoms with Crippen molar-refractivity contribution in [1.29, 1.82) is 0 Å². The van der Waals surface area contributed by atoms with Gasteiger partial charge in [-0.15, -0.1) is 0 Å². The van der Waals surface area contributed by atoms with Gasteiger partial charge in [0, 0.05) is 26.3 Å². The minimum Gasteiger partial charge on any atom is -0.391 e. The molecule has 1 aliphatic rings. The van der Waals surface area contributed by atoms with Crippen molar-refractivity contribution >= 4 is 17.7 Å². The molecule has 0 unspecified atom stereocenters. The third-order valence-electron chi connectivity index (χ3n) is 4.70. The zero-order chi connectivity index (χ0) is 18.7. The first-order chi connectivity index (χ1) is 11.7. The van der Waals surface area contributed by atoms with Crippen LogP contribution in [0.5, 0.6) is 0 Å². The van der Waals surface area contributed by atoms with Crippen LogP contribution in [0, 0.1) is 13.8 Å². The largest absolute Gasteiger partial charge is 0.391 e. The van der Waals surface area contributed by atoms with Gasteiger partial charge in [-0.05, 0) is 30.5 Å². The summed E-state index contributed by atoms with van der Waals surface area (Å²) in [7, 11) is 0. The van der Waals surface area contributed by atoms with Gasteiger partial charge in [-0.25, -0.2) is 0 Å². The van der Waals surface area contributed by atoms with Gasteiger partial charge >= 0.3 is 0 Å². The van der Waals surface area contributed by atoms with Crippen molar-refractivity contribution in [2.24, 2.45) is 5.73 Å². The van der Waals surface area contributed by atoms with E-state index in [9.17, 15) is 19.5 Å². The second kappa shape index (κ2) is 7.65. The smallest absolute Gasteiger partial charge is 0.243 e. The number of hydrogen-bond acceptors (Lipinski definition) is 4. The average Bonchev–Trinajstić information content (AvgIpc) is 2.92. The number of benzene rings is 1. The number of rotatable bonds is 5. The fourth-order valence-electron chi connectivity index (χ4n) is 3.28. The molecular weight excluding hydrogens is 322 g/mol. The fourth-order valence-corrected chi connectivity index (χ4v) is 3.28. The van der Waals surface area contributed by atoms with Crippen molar-refractivity contribution in [3.8, 4) is 0 Å². The number of aliphatic hydroxyl groups is 1. The van der Waals surface area contributed by atoms with Crippen LogP contribution >= 0.6 is 0 Å². The predicted octanol–water partition coefficient (Wildman–Crippen LogP) is -0.202. The lowest BCUT2D eigenvalue weighted by atomic mass is 9.96. The van der Waals surface area contributed by atoms with Crippen LogP contribution in [0.1, 0.15) is 30.0 Å². The van der Waals surface area contributed by atoms with E-state index in [-0.39, 0.29) is 25.3 Å². The summed E-state index contributed by atoms with van der Waals surface area (Å²) in [5.74, 6) is -1.40. The monoisotopic (exact) mass is 347 g/mol. The standard InChI is InChI=1S/C18H25N3O4/c1-10-5-4-6-11(2)14(10)8-15(17(19)24)20-18(25)16-7-13(23)9-21(16)12(3)22/h4-6,13,15-16,23H,7-9H2,1-3H3,(H2,19,24)(H,20,25)/t13-,15-,16+/m1/s1. The lowest BCUT2D eigenvalue weighted by Gasteiger charge is -2.25. The van der Waals surface area contributed by atoms with Crippen molar-refractivity contribution in [3.63, 3.8) is 0 Å². The molecule has 1 aliphatic heterocycles. The Bertz CT molecular complexity index is 669. The van der Waals surface area contributed by atoms with E-state index >= 15 is 0 Å². The second-order valence-electron chi connectivity index (χ2n) is 6.61. The third kappa shape index (κ3) is 4.36. The number of carbonyl (C=O) groups is 3. The van der Waals surface area contributed by atoms with E-state index in [0.29, 0.717) is 0 Å². The number of nitrogens with two attached hydrogens (primary N) is 1. The molecule has 0 aromatic heterocycles. The van der Waals surface area contributed by atoms with E-state index < -0.39 is 30.0 Å². The van der Waals surface area contributed by atoms with Gasteiger partial charge in [0.2, 0.25) is 17.7 Å². The molecule has 0 radical (unpaired) electrons. The fraction of sp³-hybridized carbons (Fsp3) is 0.500. The SMILES string of the molecule is CC(=O)N1C[C@H](O)C[C@H]1C(=O)N[C@H](Cc1c(C)cccc1C)C(N)=O. The van der Waals surface area contributed by atoms with E-state index in [2.05, 4.69) is 5.32 Å². The van der Waals surface area contributed by atoms with Crippen LogP contribution in [0.25, 0.3) is 0 Å². The van der Waals surface area contributed by atoms with Gasteiger partial charge in [-0.2, -0.15) is 0 Å². The number of nitrogens with zero attached hydrogens (tertiary/aromatic N) is 1. The summed E-state index contributed by atoms with van der Waals surface area (Å²) in [6.07, 6.45) is -0.305. The van der Waals surface area contributed by atoms with E-state index in [1.165, 1.54) is 11.8 Å². The summed E-state index contributed by atoms with van der Waals surface area (Å²) >= 11 is 0. The van der Waals surface area contributed by atoms with Crippen molar-refractivity contribution in [2.45, 2.75) is 51.8 Å². The number of β-amino-alcohol motifs (C(OH)–C–C–N with tert-alkyl or cyclic N) is 1. The van der Waals surface area contributed by atoms with Crippen molar-refractivity contribution < 1.29 is 19.5 Å². The molecule has 2 rings (SSSR count). The Hall–Kier alpha value is -2.41. The number of hydrogen-bond donors (Lipinski definition) is 3. The number of primary amides is 1. The minimum atomic E-state index is -0.876. The topological polar surface area (TPSA) is 113 Å². The molecule has 1 saturated heterocycles. The molecule has 0 saturated carbocycles. The van der Waals surface area contributed by atoms with E-state index in [1.54, 1.807) is 0 Å². The van der Waals surface area contributed by atoms with Crippen molar-refractivity contribution in [3.05, 3.63) is 34.9 Å². The van der Waals surface area contributed by atoms with Crippen molar-refractivity contribution in [2.75, 3.05) is 6.54 Å². The van der Waals surface area contributed by atoms with Gasteiger partial charge in [-0.3, -0.25) is 14.4 Å². The molecule has 1 aromatic rings. The summed E-state index contributed by atoms with van der Waals surface area (Å²) < 4.78 is 0. The Kier molecular flexibility index (Phi) is 5.79. The van der Waals surface area contributed by atoms with E-state index in [1.807, 2.05) is 32.0 Å². The summed E-state index contributed by atoms with van der Waals surface area (Å²) in [4.78, 5) is 37.4. The van der Waals surface area contributed by atoms with Crippen LogP contribution in [-0.2, 0) is 20.8 Å². The average molecular weight is 347 g/mol. The summed E-state index contributed by atoms with van der Waals surface area (Å²) in [5, 5.41) is 12.4. The molecule has 136 valence electrons. The molecule has 7 heteroatoms. The van der Waals surface area contributed by atoms with Crippen LogP contribution in [0.2, 0.25) is 0 Å². The summed E-state index contributed by atoms with van der Waals surface area (Å²) in [6.45, 7) is 5.34. The summed E-state index contributed by atoms with van der Waals surface area (Å²) in [5.41, 5.74) is 8.46. The second-order valence-corrected chi connectivity index (χ2v) is 6.61. The Labute approximate surface area is 147 Å². The molecule has 25 heavy (non-hydrogen) atoms. The zero-order valence-electron chi connectivity index (χ0n) is 14.8. The van der Waals surface area contributed by atoms with Crippen LogP contribution < -0.4 is 11.1 Å². The minimum absolute atomic E-state index is 0.117. The number of aliphatic hydroxyl groups excluding tert-OH is 1. The van der Waals surface area contributed by atoms with Crippen LogP contribution in [-0.4, -0.2) is 52.5 Å². The Balaban J connectivity index is 2.15. The number of aryl methyl sites for hydroxylation is 2. The molecule has 1 aromatic carbocycles. The number of nitrogens with one attached hydrogen (secondary N) is 1. The zero-order valence-corrected chi connectivity index (χ0v) is 14.8. The van der Waals surface area contributed by atoms with Crippen molar-refractivity contribution in [1.82, 2.24) is 10.2 Å². The van der Waals surface area contributed by atoms with Gasteiger partial charge in [0.15, 0.2) is 0 Å². The Morgan fingerprint density at radius 1 is 1.32 bits per heavy atom. The molecule has 1 heterocycles. The first-order valence-electron chi connectivity index (χ1n) is 8.30. The van der Waals surface area contributed by atoms with Gasteiger partial charge in [-0.1, -0.05) is 18.2 Å². The molecule has 4 N–H and O–H groups in total. The molecule has 0 spiro atoms. The molecular formula is C18H25N3O4. The van der Waals surface area contributed by atoms with Gasteiger partial charge in [0.1, 0.15) is 12.1 Å². The van der Waals surface area contributed by atoms with E-state index in [4.69, 9.17) is 5.73 Å². The lowest BCUT2D eigenvalue weighted by molar-refractivity contribution is -0.138. The molecule has 7 nitrogen and oxygen atoms in total. The first kappa shape index (κ1) is 18.9. The maximum absolute atomic E-state index is 12.6. The highest BCUT2D eigenvalue weighted by molar-refractivity contribution is 5.91. The van der Waals surface area contributed by atoms with Crippen LogP contribution in [0.3, 0.4) is 0 Å². The molecule has 3 atom stereocenters. The Morgan fingerprint density at radius 3 is 2.44 bits per heavy atom. The highest BCUT2D eigenvalue weighted by Crippen LogP contribution is 2.19. The van der Waals surface area contributed by atoms with Crippen LogP contribution in [0.4, 0.5) is 0 Å². The maximum Gasteiger partial charge on any atom is 0.243 e. The first-order valence-corrected chi connectivity index (χ1v) is 8.30. The van der Waals surface area contributed by atoms with Crippen LogP contribution in [0.15, 0.2) is 18.2 Å². The highest BCUT2D eigenvalue weighted by atomic mass is 16.3.